The number of benzene rings is 1. The van der Waals surface area contributed by atoms with Gasteiger partial charge in [-0.3, -0.25) is 0 Å². The topological polar surface area (TPSA) is 72.7 Å². The normalized spacial score (nSPS) is 14.7. The largest absolute Gasteiger partial charge is 0.508 e. The summed E-state index contributed by atoms with van der Waals surface area (Å²) in [7, 11) is 0. The van der Waals surface area contributed by atoms with Gasteiger partial charge in [0.25, 0.3) is 0 Å². The first kappa shape index (κ1) is 14.8. The van der Waals surface area contributed by atoms with Gasteiger partial charge >= 0.3 is 0 Å². The van der Waals surface area contributed by atoms with Gasteiger partial charge in [-0.1, -0.05) is 13.8 Å². The molecule has 0 bridgehead atoms. The van der Waals surface area contributed by atoms with Crippen LogP contribution in [0.15, 0.2) is 18.2 Å². The van der Waals surface area contributed by atoms with Gasteiger partial charge in [0.15, 0.2) is 0 Å². The lowest BCUT2D eigenvalue weighted by molar-refractivity contribution is 0.236. The van der Waals surface area contributed by atoms with Crippen molar-refractivity contribution in [3.05, 3.63) is 23.8 Å². The Kier molecular flexibility index (Phi) is 5.44. The van der Waals surface area contributed by atoms with E-state index in [4.69, 9.17) is 5.11 Å². The minimum absolute atomic E-state index is 0.0870. The van der Waals surface area contributed by atoms with E-state index >= 15 is 0 Å². The molecule has 0 spiro atoms. The van der Waals surface area contributed by atoms with Crippen molar-refractivity contribution in [1.82, 2.24) is 5.32 Å². The third kappa shape index (κ3) is 3.89. The van der Waals surface area contributed by atoms with E-state index < -0.39 is 0 Å². The van der Waals surface area contributed by atoms with Crippen molar-refractivity contribution in [3.63, 3.8) is 0 Å². The number of phenols is 2. The van der Waals surface area contributed by atoms with Crippen LogP contribution < -0.4 is 5.32 Å². The fraction of sp³-hybridized carbons (Fsp3) is 0.571. The Balaban J connectivity index is 2.79. The van der Waals surface area contributed by atoms with Gasteiger partial charge in [-0.05, 0) is 37.5 Å². The van der Waals surface area contributed by atoms with E-state index in [0.717, 1.165) is 0 Å². The van der Waals surface area contributed by atoms with Crippen LogP contribution in [0.25, 0.3) is 0 Å². The predicted molar refractivity (Wildman–Crippen MR) is 71.7 cm³/mol. The molecule has 1 aromatic carbocycles. The SMILES string of the molecule is CC(NC(CCO)C(C)C)c1cc(O)ccc1O. The van der Waals surface area contributed by atoms with Gasteiger partial charge in [-0.2, -0.15) is 0 Å². The first-order valence-corrected chi connectivity index (χ1v) is 6.34. The highest BCUT2D eigenvalue weighted by atomic mass is 16.3. The maximum atomic E-state index is 9.79. The van der Waals surface area contributed by atoms with Gasteiger partial charge in [-0.25, -0.2) is 0 Å². The Morgan fingerprint density at radius 2 is 1.83 bits per heavy atom. The van der Waals surface area contributed by atoms with Crippen molar-refractivity contribution in [1.29, 1.82) is 0 Å². The molecule has 18 heavy (non-hydrogen) atoms. The lowest BCUT2D eigenvalue weighted by Crippen LogP contribution is -2.36. The van der Waals surface area contributed by atoms with Gasteiger partial charge < -0.3 is 20.6 Å². The molecular weight excluding hydrogens is 230 g/mol. The zero-order chi connectivity index (χ0) is 13.7. The average Bonchev–Trinajstić information content (AvgIpc) is 2.31. The Morgan fingerprint density at radius 1 is 1.17 bits per heavy atom. The number of aliphatic hydroxyl groups is 1. The highest BCUT2D eigenvalue weighted by Crippen LogP contribution is 2.28. The smallest absolute Gasteiger partial charge is 0.120 e. The highest BCUT2D eigenvalue weighted by molar-refractivity contribution is 5.40. The van der Waals surface area contributed by atoms with Crippen LogP contribution in [0.5, 0.6) is 11.5 Å². The van der Waals surface area contributed by atoms with Crippen molar-refractivity contribution in [3.8, 4) is 11.5 Å². The second-order valence-corrected chi connectivity index (χ2v) is 4.99. The van der Waals surface area contributed by atoms with Crippen LogP contribution in [-0.4, -0.2) is 28.0 Å². The van der Waals surface area contributed by atoms with Crippen LogP contribution in [0.3, 0.4) is 0 Å². The molecule has 0 heterocycles. The monoisotopic (exact) mass is 253 g/mol. The Morgan fingerprint density at radius 3 is 2.39 bits per heavy atom. The number of hydrogen-bond donors (Lipinski definition) is 4. The summed E-state index contributed by atoms with van der Waals surface area (Å²) in [6, 6.07) is 4.59. The molecule has 4 N–H and O–H groups in total. The minimum Gasteiger partial charge on any atom is -0.508 e. The highest BCUT2D eigenvalue weighted by Gasteiger charge is 2.18. The molecule has 0 radical (unpaired) electrons. The first-order chi connectivity index (χ1) is 8.45. The summed E-state index contributed by atoms with van der Waals surface area (Å²) >= 11 is 0. The van der Waals surface area contributed by atoms with Gasteiger partial charge in [0.2, 0.25) is 0 Å². The van der Waals surface area contributed by atoms with Crippen LogP contribution in [0.2, 0.25) is 0 Å². The molecule has 2 unspecified atom stereocenters. The average molecular weight is 253 g/mol. The number of hydrogen-bond acceptors (Lipinski definition) is 4. The third-order valence-electron chi connectivity index (χ3n) is 3.19. The molecule has 4 heteroatoms. The summed E-state index contributed by atoms with van der Waals surface area (Å²) in [4.78, 5) is 0. The summed E-state index contributed by atoms with van der Waals surface area (Å²) < 4.78 is 0. The van der Waals surface area contributed by atoms with Crippen molar-refractivity contribution in [2.75, 3.05) is 6.61 Å². The van der Waals surface area contributed by atoms with Crippen LogP contribution in [-0.2, 0) is 0 Å². The molecule has 0 saturated heterocycles. The van der Waals surface area contributed by atoms with Gasteiger partial charge in [0, 0.05) is 24.3 Å². The fourth-order valence-corrected chi connectivity index (χ4v) is 2.05. The second-order valence-electron chi connectivity index (χ2n) is 4.99. The Hall–Kier alpha value is -1.26. The molecule has 102 valence electrons. The van der Waals surface area contributed by atoms with Crippen LogP contribution in [0.4, 0.5) is 0 Å². The van der Waals surface area contributed by atoms with Gasteiger partial charge in [0.05, 0.1) is 0 Å². The van der Waals surface area contributed by atoms with Crippen molar-refractivity contribution in [2.24, 2.45) is 5.92 Å². The Bertz CT molecular complexity index is 379. The van der Waals surface area contributed by atoms with E-state index in [-0.39, 0.29) is 30.2 Å². The minimum atomic E-state index is -0.0870. The lowest BCUT2D eigenvalue weighted by Gasteiger charge is -2.26. The molecule has 0 aliphatic carbocycles. The zero-order valence-electron chi connectivity index (χ0n) is 11.2. The number of rotatable bonds is 6. The third-order valence-corrected chi connectivity index (χ3v) is 3.19. The van der Waals surface area contributed by atoms with Gasteiger partial charge in [0.1, 0.15) is 11.5 Å². The van der Waals surface area contributed by atoms with E-state index in [1.54, 1.807) is 6.07 Å². The summed E-state index contributed by atoms with van der Waals surface area (Å²) in [6.07, 6.45) is 0.668. The molecule has 4 nitrogen and oxygen atoms in total. The zero-order valence-corrected chi connectivity index (χ0v) is 11.2. The molecule has 0 fully saturated rings. The van der Waals surface area contributed by atoms with Crippen LogP contribution in [0.1, 0.15) is 38.8 Å². The van der Waals surface area contributed by atoms with E-state index in [1.165, 1.54) is 12.1 Å². The summed E-state index contributed by atoms with van der Waals surface area (Å²) in [5.74, 6) is 0.693. The number of nitrogens with one attached hydrogen (secondary N) is 1. The number of aromatic hydroxyl groups is 2. The molecule has 0 aliphatic rings. The molecule has 0 saturated carbocycles. The van der Waals surface area contributed by atoms with E-state index in [0.29, 0.717) is 17.9 Å². The molecule has 0 aliphatic heterocycles. The molecule has 2 atom stereocenters. The van der Waals surface area contributed by atoms with Gasteiger partial charge in [-0.15, -0.1) is 0 Å². The summed E-state index contributed by atoms with van der Waals surface area (Å²) in [5.41, 5.74) is 0.665. The van der Waals surface area contributed by atoms with Crippen molar-refractivity contribution >= 4 is 0 Å². The van der Waals surface area contributed by atoms with E-state index in [9.17, 15) is 10.2 Å². The molecule has 1 rings (SSSR count). The molecular formula is C14H23NO3. The fourth-order valence-electron chi connectivity index (χ4n) is 2.05. The van der Waals surface area contributed by atoms with E-state index in [2.05, 4.69) is 19.2 Å². The maximum absolute atomic E-state index is 9.79. The number of phenolic OH excluding ortho intramolecular Hbond substituents is 2. The second kappa shape index (κ2) is 6.61. The molecule has 0 amide bonds. The van der Waals surface area contributed by atoms with Crippen molar-refractivity contribution < 1.29 is 15.3 Å². The van der Waals surface area contributed by atoms with E-state index in [1.807, 2.05) is 6.92 Å². The molecule has 0 aromatic heterocycles. The maximum Gasteiger partial charge on any atom is 0.120 e. The predicted octanol–water partition coefficient (Wildman–Crippen LogP) is 2.16. The van der Waals surface area contributed by atoms with Crippen molar-refractivity contribution in [2.45, 2.75) is 39.3 Å². The number of aliphatic hydroxyl groups excluding tert-OH is 1. The standard InChI is InChI=1S/C14H23NO3/c1-9(2)13(6-7-16)15-10(3)12-8-11(17)4-5-14(12)18/h4-5,8-10,13,15-18H,6-7H2,1-3H3. The van der Waals surface area contributed by atoms with Crippen LogP contribution in [0, 0.1) is 5.92 Å². The molecule has 1 aromatic rings. The van der Waals surface area contributed by atoms with Crippen LogP contribution >= 0.6 is 0 Å². The summed E-state index contributed by atoms with van der Waals surface area (Å²) in [5, 5.41) is 31.6. The Labute approximate surface area is 108 Å². The lowest BCUT2D eigenvalue weighted by atomic mass is 9.98. The quantitative estimate of drug-likeness (QED) is 0.586. The summed E-state index contributed by atoms with van der Waals surface area (Å²) in [6.45, 7) is 6.24. The first-order valence-electron chi connectivity index (χ1n) is 6.34.